The largest absolute Gasteiger partial charge is 0.326 e. The molecule has 0 radical (unpaired) electrons. The number of hydrogen-bond donors (Lipinski definition) is 1. The van der Waals surface area contributed by atoms with Gasteiger partial charge in [0, 0.05) is 23.1 Å². The molecule has 0 fully saturated rings. The van der Waals surface area contributed by atoms with Crippen molar-refractivity contribution >= 4 is 28.7 Å². The van der Waals surface area contributed by atoms with Crippen molar-refractivity contribution in [3.8, 4) is 0 Å². The maximum Gasteiger partial charge on any atom is 0.230 e. The van der Waals surface area contributed by atoms with Crippen molar-refractivity contribution in [2.45, 2.75) is 19.8 Å². The Morgan fingerprint density at radius 1 is 1.04 bits per heavy atom. The molecule has 5 heteroatoms. The van der Waals surface area contributed by atoms with Crippen molar-refractivity contribution < 1.29 is 9.59 Å². The molecule has 0 spiro atoms. The van der Waals surface area contributed by atoms with Gasteiger partial charge in [0.05, 0.1) is 17.1 Å². The summed E-state index contributed by atoms with van der Waals surface area (Å²) in [5.74, 6) is -0.113. The monoisotopic (exact) mass is 350 g/mol. The van der Waals surface area contributed by atoms with Crippen LogP contribution in [0.3, 0.4) is 0 Å². The predicted molar refractivity (Wildman–Crippen MR) is 100 cm³/mol. The number of carbonyl (C=O) groups is 2. The zero-order chi connectivity index (χ0) is 17.6. The highest BCUT2D eigenvalue weighted by molar-refractivity contribution is 7.09. The van der Waals surface area contributed by atoms with Crippen LogP contribution in [0.5, 0.6) is 0 Å². The van der Waals surface area contributed by atoms with Crippen molar-refractivity contribution in [2.75, 3.05) is 5.32 Å². The fourth-order valence-corrected chi connectivity index (χ4v) is 3.27. The van der Waals surface area contributed by atoms with Crippen LogP contribution in [-0.4, -0.2) is 16.7 Å². The fraction of sp³-hybridized carbons (Fsp3) is 0.150. The number of amides is 1. The molecule has 0 saturated heterocycles. The van der Waals surface area contributed by atoms with E-state index in [0.29, 0.717) is 11.3 Å². The number of benzene rings is 2. The molecule has 0 bridgehead atoms. The van der Waals surface area contributed by atoms with E-state index in [1.54, 1.807) is 35.6 Å². The second-order valence-electron chi connectivity index (χ2n) is 5.75. The summed E-state index contributed by atoms with van der Waals surface area (Å²) in [5, 5.41) is 5.76. The Labute approximate surface area is 150 Å². The summed E-state index contributed by atoms with van der Waals surface area (Å²) in [5.41, 5.74) is 3.28. The van der Waals surface area contributed by atoms with Gasteiger partial charge in [-0.2, -0.15) is 0 Å². The smallest absolute Gasteiger partial charge is 0.230 e. The van der Waals surface area contributed by atoms with Crippen molar-refractivity contribution in [3.05, 3.63) is 81.8 Å². The standard InChI is InChI=1S/C20H18N2O2S/c1-14(23)16-7-9-17(10-8-16)21-19(24)12-18-13-25-20(22-18)11-15-5-3-2-4-6-15/h2-10,13H,11-12H2,1H3,(H,21,24). The lowest BCUT2D eigenvalue weighted by Gasteiger charge is -2.04. The third kappa shape index (κ3) is 4.84. The molecule has 25 heavy (non-hydrogen) atoms. The Kier molecular flexibility index (Phi) is 5.36. The van der Waals surface area contributed by atoms with Crippen LogP contribution in [-0.2, 0) is 17.6 Å². The van der Waals surface area contributed by atoms with Crippen LogP contribution in [0.2, 0.25) is 0 Å². The molecule has 1 aromatic heterocycles. The van der Waals surface area contributed by atoms with Crippen molar-refractivity contribution in [1.82, 2.24) is 4.98 Å². The lowest BCUT2D eigenvalue weighted by atomic mass is 10.1. The highest BCUT2D eigenvalue weighted by Crippen LogP contribution is 2.16. The first kappa shape index (κ1) is 17.0. The Hall–Kier alpha value is -2.79. The van der Waals surface area contributed by atoms with E-state index in [9.17, 15) is 9.59 Å². The third-order valence-corrected chi connectivity index (χ3v) is 4.61. The van der Waals surface area contributed by atoms with E-state index in [0.717, 1.165) is 17.1 Å². The van der Waals surface area contributed by atoms with Gasteiger partial charge in [-0.25, -0.2) is 4.98 Å². The summed E-state index contributed by atoms with van der Waals surface area (Å²) in [6.07, 6.45) is 1.01. The third-order valence-electron chi connectivity index (χ3n) is 3.71. The molecule has 1 heterocycles. The number of carbonyl (C=O) groups excluding carboxylic acids is 2. The Morgan fingerprint density at radius 2 is 1.76 bits per heavy atom. The predicted octanol–water partition coefficient (Wildman–Crippen LogP) is 4.12. The molecule has 0 aliphatic rings. The van der Waals surface area contributed by atoms with Crippen molar-refractivity contribution in [1.29, 1.82) is 0 Å². The van der Waals surface area contributed by atoms with Gasteiger partial charge in [0.1, 0.15) is 0 Å². The van der Waals surface area contributed by atoms with Gasteiger partial charge in [0.25, 0.3) is 0 Å². The molecule has 0 unspecified atom stereocenters. The molecule has 1 N–H and O–H groups in total. The molecule has 126 valence electrons. The summed E-state index contributed by atoms with van der Waals surface area (Å²) in [6, 6.07) is 17.0. The quantitative estimate of drug-likeness (QED) is 0.680. The van der Waals surface area contributed by atoms with Crippen LogP contribution in [0.25, 0.3) is 0 Å². The van der Waals surface area contributed by atoms with E-state index in [2.05, 4.69) is 22.4 Å². The topological polar surface area (TPSA) is 59.1 Å². The normalized spacial score (nSPS) is 10.4. The minimum Gasteiger partial charge on any atom is -0.326 e. The van der Waals surface area contributed by atoms with Crippen LogP contribution < -0.4 is 5.32 Å². The number of ketones is 1. The molecular formula is C20H18N2O2S. The summed E-state index contributed by atoms with van der Waals surface area (Å²) in [7, 11) is 0. The molecule has 0 aliphatic heterocycles. The van der Waals surface area contributed by atoms with Gasteiger partial charge in [-0.1, -0.05) is 30.3 Å². The molecule has 1 amide bonds. The number of nitrogens with zero attached hydrogens (tertiary/aromatic N) is 1. The number of thiazole rings is 1. The molecule has 2 aromatic carbocycles. The molecule has 3 rings (SSSR count). The molecule has 3 aromatic rings. The van der Waals surface area contributed by atoms with E-state index in [1.807, 2.05) is 23.6 Å². The average molecular weight is 350 g/mol. The number of rotatable bonds is 6. The van der Waals surface area contributed by atoms with Crippen LogP contribution >= 0.6 is 11.3 Å². The highest BCUT2D eigenvalue weighted by Gasteiger charge is 2.09. The van der Waals surface area contributed by atoms with Gasteiger partial charge in [0.15, 0.2) is 5.78 Å². The Bertz CT molecular complexity index is 870. The maximum atomic E-state index is 12.2. The highest BCUT2D eigenvalue weighted by atomic mass is 32.1. The number of Topliss-reactive ketones (excluding diaryl/α,β-unsaturated/α-hetero) is 1. The second-order valence-corrected chi connectivity index (χ2v) is 6.70. The van der Waals surface area contributed by atoms with Crippen LogP contribution in [0.1, 0.15) is 33.5 Å². The van der Waals surface area contributed by atoms with E-state index in [1.165, 1.54) is 12.5 Å². The number of aromatic nitrogens is 1. The first-order chi connectivity index (χ1) is 12.1. The SMILES string of the molecule is CC(=O)c1ccc(NC(=O)Cc2csc(Cc3ccccc3)n2)cc1. The Balaban J connectivity index is 1.57. The van der Waals surface area contributed by atoms with Crippen LogP contribution in [0, 0.1) is 0 Å². The van der Waals surface area contributed by atoms with Crippen LogP contribution in [0.4, 0.5) is 5.69 Å². The van der Waals surface area contributed by atoms with E-state index in [-0.39, 0.29) is 18.1 Å². The molecule has 0 aliphatic carbocycles. The first-order valence-corrected chi connectivity index (χ1v) is 8.86. The van der Waals surface area contributed by atoms with Gasteiger partial charge < -0.3 is 5.32 Å². The van der Waals surface area contributed by atoms with Gasteiger partial charge in [0.2, 0.25) is 5.91 Å². The van der Waals surface area contributed by atoms with Gasteiger partial charge in [-0.05, 0) is 36.8 Å². The zero-order valence-corrected chi connectivity index (χ0v) is 14.7. The molecule has 0 atom stereocenters. The molecule has 4 nitrogen and oxygen atoms in total. The summed E-state index contributed by atoms with van der Waals surface area (Å²) in [4.78, 5) is 28.0. The molecule has 0 saturated carbocycles. The second kappa shape index (κ2) is 7.85. The summed E-state index contributed by atoms with van der Waals surface area (Å²) in [6.45, 7) is 1.52. The van der Waals surface area contributed by atoms with Crippen molar-refractivity contribution in [3.63, 3.8) is 0 Å². The number of nitrogens with one attached hydrogen (secondary N) is 1. The first-order valence-electron chi connectivity index (χ1n) is 7.98. The lowest BCUT2D eigenvalue weighted by Crippen LogP contribution is -2.14. The van der Waals surface area contributed by atoms with Crippen LogP contribution in [0.15, 0.2) is 60.0 Å². The minimum atomic E-state index is -0.118. The zero-order valence-electron chi connectivity index (χ0n) is 13.9. The lowest BCUT2D eigenvalue weighted by molar-refractivity contribution is -0.115. The van der Waals surface area contributed by atoms with Gasteiger partial charge >= 0.3 is 0 Å². The van der Waals surface area contributed by atoms with E-state index in [4.69, 9.17) is 0 Å². The molecular weight excluding hydrogens is 332 g/mol. The summed E-state index contributed by atoms with van der Waals surface area (Å²) < 4.78 is 0. The van der Waals surface area contributed by atoms with E-state index >= 15 is 0 Å². The number of hydrogen-bond acceptors (Lipinski definition) is 4. The Morgan fingerprint density at radius 3 is 2.44 bits per heavy atom. The van der Waals surface area contributed by atoms with Crippen molar-refractivity contribution in [2.24, 2.45) is 0 Å². The van der Waals surface area contributed by atoms with Gasteiger partial charge in [-0.15, -0.1) is 11.3 Å². The minimum absolute atomic E-state index is 0.00583. The fourth-order valence-electron chi connectivity index (χ4n) is 2.44. The maximum absolute atomic E-state index is 12.2. The summed E-state index contributed by atoms with van der Waals surface area (Å²) >= 11 is 1.57. The van der Waals surface area contributed by atoms with Gasteiger partial charge in [-0.3, -0.25) is 9.59 Å². The van der Waals surface area contributed by atoms with E-state index < -0.39 is 0 Å². The average Bonchev–Trinajstić information content (AvgIpc) is 3.03. The number of anilines is 1.